The topological polar surface area (TPSA) is 156 Å². The first kappa shape index (κ1) is 28.7. The molecule has 3 rings (SSSR count). The number of carbonyl (C=O) groups excluding carboxylic acids is 2. The summed E-state index contributed by atoms with van der Waals surface area (Å²) in [7, 11) is 0. The molecule has 5 N–H and O–H groups in total. The highest BCUT2D eigenvalue weighted by atomic mass is 16.6. The van der Waals surface area contributed by atoms with Crippen LogP contribution < -0.4 is 21.1 Å². The second kappa shape index (κ2) is 14.8. The number of hydrogen-bond donors (Lipinski definition) is 4. The second-order valence-corrected chi connectivity index (χ2v) is 8.11. The number of nitrogen functional groups attached to an aromatic ring is 1. The minimum absolute atomic E-state index is 0.0250. The van der Waals surface area contributed by atoms with Crippen LogP contribution in [0.15, 0.2) is 84.9 Å². The average Bonchev–Trinajstić information content (AvgIpc) is 2.95. The van der Waals surface area contributed by atoms with E-state index >= 15 is 0 Å². The molecule has 3 aromatic rings. The van der Waals surface area contributed by atoms with Crippen molar-refractivity contribution in [1.82, 2.24) is 0 Å². The number of ether oxygens (including phenoxy) is 3. The van der Waals surface area contributed by atoms with Crippen LogP contribution >= 0.6 is 0 Å². The highest BCUT2D eigenvalue weighted by molar-refractivity contribution is 6.01. The zero-order valence-electron chi connectivity index (χ0n) is 21.4. The van der Waals surface area contributed by atoms with Crippen LogP contribution in [0.4, 0.5) is 21.9 Å². The van der Waals surface area contributed by atoms with Gasteiger partial charge in [-0.15, -0.1) is 0 Å². The minimum atomic E-state index is -1.04. The molecule has 0 heterocycles. The highest BCUT2D eigenvalue weighted by Gasteiger charge is 2.29. The van der Waals surface area contributed by atoms with E-state index in [9.17, 15) is 14.7 Å². The van der Waals surface area contributed by atoms with Crippen molar-refractivity contribution < 1.29 is 28.9 Å². The van der Waals surface area contributed by atoms with Gasteiger partial charge in [-0.05, 0) is 55.5 Å². The van der Waals surface area contributed by atoms with Crippen molar-refractivity contribution in [3.8, 4) is 11.8 Å². The molecular weight excluding hydrogens is 500 g/mol. The third-order valence-corrected chi connectivity index (χ3v) is 5.38. The molecule has 0 aromatic heterocycles. The number of nitrogens with one attached hydrogen (secondary N) is 2. The summed E-state index contributed by atoms with van der Waals surface area (Å²) in [6.45, 7) is 1.83. The largest absolute Gasteiger partial charge is 0.491 e. The highest BCUT2D eigenvalue weighted by Crippen LogP contribution is 2.33. The first-order valence-corrected chi connectivity index (χ1v) is 12.2. The summed E-state index contributed by atoms with van der Waals surface area (Å²) in [4.78, 5) is 25.6. The Hall–Kier alpha value is -4.85. The van der Waals surface area contributed by atoms with Crippen LogP contribution in [0.25, 0.3) is 0 Å². The number of rotatable bonds is 12. The molecule has 39 heavy (non-hydrogen) atoms. The Morgan fingerprint density at radius 2 is 1.77 bits per heavy atom. The van der Waals surface area contributed by atoms with Crippen LogP contribution in [0, 0.1) is 11.3 Å². The zero-order valence-corrected chi connectivity index (χ0v) is 21.4. The first-order chi connectivity index (χ1) is 18.9. The number of nitrogens with zero attached hydrogens (tertiary/aromatic N) is 1. The van der Waals surface area contributed by atoms with Gasteiger partial charge in [-0.25, -0.2) is 4.79 Å². The number of nitriles is 1. The number of aliphatic hydroxyl groups is 1. The van der Waals surface area contributed by atoms with Crippen molar-refractivity contribution in [2.24, 2.45) is 0 Å². The van der Waals surface area contributed by atoms with Gasteiger partial charge in [-0.3, -0.25) is 10.1 Å². The fraction of sp³-hybridized carbons (Fsp3) is 0.207. The summed E-state index contributed by atoms with van der Waals surface area (Å²) in [6, 6.07) is 22.0. The first-order valence-electron chi connectivity index (χ1n) is 12.2. The maximum Gasteiger partial charge on any atom is 0.412 e. The van der Waals surface area contributed by atoms with Crippen molar-refractivity contribution >= 4 is 29.1 Å². The fourth-order valence-corrected chi connectivity index (χ4v) is 3.60. The standard InChI is InChI=1S/C29H30N4O6/c1-2-37-26(15-16-27(35)33-24-9-5-4-8-23(24)31)28(22-7-3-6-10-25(22)38-18-17-34)39-29(36)32-21-13-11-20(19-30)12-14-21/h3-16,26,28,34H,2,17-18,31H2,1H3,(H,32,36)(H,33,35)/b16-15+/t26-,28-/m1/s1. The molecule has 0 aliphatic carbocycles. The third kappa shape index (κ3) is 8.60. The number of benzene rings is 3. The molecule has 0 spiro atoms. The molecule has 0 unspecified atom stereocenters. The molecule has 0 radical (unpaired) electrons. The van der Waals surface area contributed by atoms with Gasteiger partial charge in [-0.1, -0.05) is 30.3 Å². The molecule has 0 fully saturated rings. The van der Waals surface area contributed by atoms with E-state index < -0.39 is 24.2 Å². The molecule has 10 nitrogen and oxygen atoms in total. The predicted octanol–water partition coefficient (Wildman–Crippen LogP) is 4.40. The Morgan fingerprint density at radius 3 is 2.46 bits per heavy atom. The average molecular weight is 531 g/mol. The number of carbonyl (C=O) groups is 2. The second-order valence-electron chi connectivity index (χ2n) is 8.11. The van der Waals surface area contributed by atoms with Crippen LogP contribution in [0.5, 0.6) is 5.75 Å². The van der Waals surface area contributed by atoms with E-state index in [-0.39, 0.29) is 19.8 Å². The number of anilines is 3. The van der Waals surface area contributed by atoms with E-state index in [1.807, 2.05) is 6.07 Å². The van der Waals surface area contributed by atoms with Crippen LogP contribution in [0.1, 0.15) is 24.2 Å². The number of para-hydroxylation sites is 3. The number of nitrogens with two attached hydrogens (primary N) is 1. The summed E-state index contributed by atoms with van der Waals surface area (Å²) in [5, 5.41) is 23.6. The van der Waals surface area contributed by atoms with Crippen molar-refractivity contribution in [2.75, 3.05) is 36.2 Å². The lowest BCUT2D eigenvalue weighted by atomic mass is 10.0. The predicted molar refractivity (Wildman–Crippen MR) is 147 cm³/mol. The quantitative estimate of drug-likeness (QED) is 0.198. The summed E-state index contributed by atoms with van der Waals surface area (Å²) < 4.78 is 17.4. The van der Waals surface area contributed by atoms with E-state index in [2.05, 4.69) is 10.6 Å². The van der Waals surface area contributed by atoms with Gasteiger partial charge in [0, 0.05) is 23.9 Å². The van der Waals surface area contributed by atoms with Gasteiger partial charge in [0.1, 0.15) is 18.5 Å². The Morgan fingerprint density at radius 1 is 1.05 bits per heavy atom. The van der Waals surface area contributed by atoms with Gasteiger partial charge in [-0.2, -0.15) is 5.26 Å². The van der Waals surface area contributed by atoms with Crippen LogP contribution in [0.3, 0.4) is 0 Å². The molecule has 0 bridgehead atoms. The van der Waals surface area contributed by atoms with Gasteiger partial charge < -0.3 is 30.4 Å². The fourth-order valence-electron chi connectivity index (χ4n) is 3.60. The molecule has 0 saturated carbocycles. The molecule has 0 aliphatic rings. The van der Waals surface area contributed by atoms with Crippen molar-refractivity contribution in [1.29, 1.82) is 5.26 Å². The van der Waals surface area contributed by atoms with E-state index in [1.54, 1.807) is 79.7 Å². The summed E-state index contributed by atoms with van der Waals surface area (Å²) in [5.41, 5.74) is 8.12. The zero-order chi connectivity index (χ0) is 28.0. The lowest BCUT2D eigenvalue weighted by Crippen LogP contribution is -2.28. The summed E-state index contributed by atoms with van der Waals surface area (Å²) in [6.07, 6.45) is 0.0454. The maximum atomic E-state index is 12.9. The maximum absolute atomic E-state index is 12.9. The Balaban J connectivity index is 1.88. The Kier molecular flexibility index (Phi) is 10.9. The lowest BCUT2D eigenvalue weighted by molar-refractivity contribution is -0.112. The van der Waals surface area contributed by atoms with Gasteiger partial charge >= 0.3 is 6.09 Å². The van der Waals surface area contributed by atoms with Gasteiger partial charge in [0.25, 0.3) is 0 Å². The van der Waals surface area contributed by atoms with Crippen LogP contribution in [0.2, 0.25) is 0 Å². The molecule has 2 atom stereocenters. The van der Waals surface area contributed by atoms with Gasteiger partial charge in [0.05, 0.1) is 29.6 Å². The SMILES string of the molecule is CCO[C@H](/C=C/C(=O)Nc1ccccc1N)[C@H](OC(=O)Nc1ccc(C#N)cc1)c1ccccc1OCCO. The smallest absolute Gasteiger partial charge is 0.412 e. The van der Waals surface area contributed by atoms with Crippen molar-refractivity contribution in [3.05, 3.63) is 96.1 Å². The van der Waals surface area contributed by atoms with Gasteiger partial charge in [0.2, 0.25) is 5.91 Å². The van der Waals surface area contributed by atoms with Crippen molar-refractivity contribution in [2.45, 2.75) is 19.1 Å². The van der Waals surface area contributed by atoms with E-state index in [0.717, 1.165) is 0 Å². The molecule has 0 aliphatic heterocycles. The molecule has 10 heteroatoms. The lowest BCUT2D eigenvalue weighted by Gasteiger charge is -2.27. The van der Waals surface area contributed by atoms with E-state index in [0.29, 0.717) is 33.9 Å². The monoisotopic (exact) mass is 530 g/mol. The number of aliphatic hydroxyl groups excluding tert-OH is 1. The molecular formula is C29H30N4O6. The normalized spacial score (nSPS) is 12.2. The van der Waals surface area contributed by atoms with Gasteiger partial charge in [0.15, 0.2) is 6.10 Å². The number of hydrogen-bond acceptors (Lipinski definition) is 8. The van der Waals surface area contributed by atoms with E-state index in [4.69, 9.17) is 25.2 Å². The molecule has 3 aromatic carbocycles. The molecule has 2 amide bonds. The Labute approximate surface area is 226 Å². The summed E-state index contributed by atoms with van der Waals surface area (Å²) in [5.74, 6) is -0.0782. The molecule has 0 saturated heterocycles. The third-order valence-electron chi connectivity index (χ3n) is 5.38. The minimum Gasteiger partial charge on any atom is -0.491 e. The Bertz CT molecular complexity index is 1320. The molecule has 202 valence electrons. The number of amides is 2. The summed E-state index contributed by atoms with van der Waals surface area (Å²) >= 11 is 0. The van der Waals surface area contributed by atoms with Crippen molar-refractivity contribution in [3.63, 3.8) is 0 Å². The van der Waals surface area contributed by atoms with Crippen LogP contribution in [-0.2, 0) is 14.3 Å². The van der Waals surface area contributed by atoms with E-state index in [1.165, 1.54) is 12.2 Å². The van der Waals surface area contributed by atoms with Crippen LogP contribution in [-0.4, -0.2) is 43.0 Å².